The van der Waals surface area contributed by atoms with Gasteiger partial charge in [0.15, 0.2) is 5.16 Å². The first-order valence-corrected chi connectivity index (χ1v) is 7.55. The molecular weight excluding hydrogens is 274 g/mol. The Morgan fingerprint density at radius 1 is 1.55 bits per heavy atom. The van der Waals surface area contributed by atoms with Crippen molar-refractivity contribution in [3.63, 3.8) is 0 Å². The quantitative estimate of drug-likeness (QED) is 0.805. The smallest absolute Gasteiger partial charge is 0.323 e. The fourth-order valence-electron chi connectivity index (χ4n) is 2.77. The topological polar surface area (TPSA) is 78.0 Å². The number of H-pyrrole nitrogens is 1. The number of carboxylic acids is 1. The third-order valence-electron chi connectivity index (χ3n) is 4.00. The van der Waals surface area contributed by atoms with Crippen molar-refractivity contribution in [2.45, 2.75) is 35.2 Å². The van der Waals surface area contributed by atoms with Gasteiger partial charge in [0, 0.05) is 5.25 Å². The summed E-state index contributed by atoms with van der Waals surface area (Å²) in [7, 11) is 1.72. The first-order chi connectivity index (χ1) is 9.63. The second-order valence-electron chi connectivity index (χ2n) is 5.18. The number of carbonyl (C=O) groups is 1. The van der Waals surface area contributed by atoms with Crippen LogP contribution in [-0.2, 0) is 4.79 Å². The van der Waals surface area contributed by atoms with E-state index in [9.17, 15) is 9.90 Å². The van der Waals surface area contributed by atoms with Crippen LogP contribution in [0.4, 0.5) is 0 Å². The zero-order chi connectivity index (χ0) is 14.2. The lowest BCUT2D eigenvalue weighted by Gasteiger charge is -2.23. The van der Waals surface area contributed by atoms with Gasteiger partial charge in [-0.25, -0.2) is 4.98 Å². The van der Waals surface area contributed by atoms with E-state index >= 15 is 0 Å². The van der Waals surface area contributed by atoms with Crippen LogP contribution in [0.2, 0.25) is 0 Å². The summed E-state index contributed by atoms with van der Waals surface area (Å²) in [5, 5.41) is 13.5. The molecule has 20 heavy (non-hydrogen) atoms. The first-order valence-electron chi connectivity index (χ1n) is 6.67. The van der Waals surface area contributed by atoms with Gasteiger partial charge in [0.2, 0.25) is 0 Å². The minimum atomic E-state index is -0.774. The number of hydrogen-bond acceptors (Lipinski definition) is 4. The molecule has 1 aliphatic carbocycles. The second-order valence-corrected chi connectivity index (χ2v) is 6.47. The maximum absolute atomic E-state index is 11.4. The first kappa shape index (κ1) is 13.5. The van der Waals surface area contributed by atoms with Crippen LogP contribution in [0, 0.1) is 0 Å². The number of imidazole rings is 1. The Kier molecular flexibility index (Phi) is 3.43. The number of fused-ring (bicyclic) bond motifs is 1. The Morgan fingerprint density at radius 2 is 2.35 bits per heavy atom. The molecule has 0 radical (unpaired) electrons. The SMILES string of the molecule is CNC1(C(=O)O)CCC(Sc2nc3ccccc3[nH]2)C1. The number of carboxylic acid groups (broad SMARTS) is 1. The zero-order valence-electron chi connectivity index (χ0n) is 11.2. The summed E-state index contributed by atoms with van der Waals surface area (Å²) in [6.45, 7) is 0. The van der Waals surface area contributed by atoms with Crippen LogP contribution in [0.15, 0.2) is 29.4 Å². The number of rotatable bonds is 4. The molecule has 0 spiro atoms. The molecule has 1 saturated carbocycles. The van der Waals surface area contributed by atoms with Gasteiger partial charge in [0.05, 0.1) is 11.0 Å². The standard InChI is InChI=1S/C14H17N3O2S/c1-15-14(12(18)19)7-6-9(8-14)20-13-16-10-4-2-3-5-11(10)17-13/h2-5,9,15H,6-8H2,1H3,(H,16,17)(H,18,19). The van der Waals surface area contributed by atoms with E-state index in [0.717, 1.165) is 22.6 Å². The van der Waals surface area contributed by atoms with E-state index in [0.29, 0.717) is 12.8 Å². The molecule has 106 valence electrons. The molecule has 1 aliphatic rings. The largest absolute Gasteiger partial charge is 0.480 e. The minimum absolute atomic E-state index is 0.277. The van der Waals surface area contributed by atoms with E-state index in [1.165, 1.54) is 0 Å². The number of thioether (sulfide) groups is 1. The summed E-state index contributed by atoms with van der Waals surface area (Å²) in [4.78, 5) is 19.2. The molecule has 0 saturated heterocycles. The lowest BCUT2D eigenvalue weighted by molar-refractivity contribution is -0.144. The maximum Gasteiger partial charge on any atom is 0.323 e. The van der Waals surface area contributed by atoms with E-state index in [-0.39, 0.29) is 5.25 Å². The highest BCUT2D eigenvalue weighted by molar-refractivity contribution is 7.99. The van der Waals surface area contributed by atoms with Gasteiger partial charge in [-0.2, -0.15) is 0 Å². The van der Waals surface area contributed by atoms with Crippen molar-refractivity contribution in [2.75, 3.05) is 7.05 Å². The van der Waals surface area contributed by atoms with Gasteiger partial charge in [-0.3, -0.25) is 4.79 Å². The normalized spacial score (nSPS) is 26.1. The molecule has 1 fully saturated rings. The van der Waals surface area contributed by atoms with E-state index < -0.39 is 11.5 Å². The Morgan fingerprint density at radius 3 is 3.00 bits per heavy atom. The van der Waals surface area contributed by atoms with Crippen molar-refractivity contribution in [1.29, 1.82) is 0 Å². The lowest BCUT2D eigenvalue weighted by Crippen LogP contribution is -2.48. The number of benzene rings is 1. The van der Waals surface area contributed by atoms with Crippen LogP contribution >= 0.6 is 11.8 Å². The van der Waals surface area contributed by atoms with Gasteiger partial charge >= 0.3 is 5.97 Å². The minimum Gasteiger partial charge on any atom is -0.480 e. The summed E-state index contributed by atoms with van der Waals surface area (Å²) in [5.41, 5.74) is 1.20. The molecule has 5 nitrogen and oxygen atoms in total. The van der Waals surface area contributed by atoms with Crippen LogP contribution in [0.5, 0.6) is 0 Å². The summed E-state index contributed by atoms with van der Waals surface area (Å²) in [6, 6.07) is 7.90. The van der Waals surface area contributed by atoms with Crippen molar-refractivity contribution in [1.82, 2.24) is 15.3 Å². The van der Waals surface area contributed by atoms with E-state index in [1.54, 1.807) is 18.8 Å². The molecular formula is C14H17N3O2S. The number of hydrogen-bond donors (Lipinski definition) is 3. The van der Waals surface area contributed by atoms with Gasteiger partial charge in [0.25, 0.3) is 0 Å². The van der Waals surface area contributed by atoms with Gasteiger partial charge in [-0.05, 0) is 38.4 Å². The predicted molar refractivity (Wildman–Crippen MR) is 79.0 cm³/mol. The van der Waals surface area contributed by atoms with Crippen LogP contribution in [-0.4, -0.2) is 38.9 Å². The summed E-state index contributed by atoms with van der Waals surface area (Å²) in [6.07, 6.45) is 2.17. The Labute approximate surface area is 121 Å². The molecule has 1 heterocycles. The number of nitrogens with zero attached hydrogens (tertiary/aromatic N) is 1. The van der Waals surface area contributed by atoms with E-state index in [2.05, 4.69) is 15.3 Å². The van der Waals surface area contributed by atoms with E-state index in [4.69, 9.17) is 0 Å². The second kappa shape index (κ2) is 5.10. The molecule has 1 aromatic heterocycles. The van der Waals surface area contributed by atoms with Crippen molar-refractivity contribution >= 4 is 28.8 Å². The van der Waals surface area contributed by atoms with Gasteiger partial charge in [0.1, 0.15) is 5.54 Å². The predicted octanol–water partition coefficient (Wildman–Crippen LogP) is 2.25. The molecule has 0 aliphatic heterocycles. The summed E-state index contributed by atoms with van der Waals surface area (Å²) < 4.78 is 0. The van der Waals surface area contributed by atoms with Crippen LogP contribution < -0.4 is 5.32 Å². The zero-order valence-corrected chi connectivity index (χ0v) is 12.0. The number of aliphatic carboxylic acids is 1. The molecule has 2 atom stereocenters. The van der Waals surface area contributed by atoms with Crippen molar-refractivity contribution in [2.24, 2.45) is 0 Å². The molecule has 6 heteroatoms. The number of para-hydroxylation sites is 2. The third kappa shape index (κ3) is 2.29. The van der Waals surface area contributed by atoms with Gasteiger partial charge < -0.3 is 15.4 Å². The van der Waals surface area contributed by atoms with Gasteiger partial charge in [-0.1, -0.05) is 23.9 Å². The summed E-state index contributed by atoms with van der Waals surface area (Å²) >= 11 is 1.64. The number of likely N-dealkylation sites (N-methyl/N-ethyl adjacent to an activating group) is 1. The Hall–Kier alpha value is -1.53. The Bertz CT molecular complexity index is 609. The highest BCUT2D eigenvalue weighted by atomic mass is 32.2. The summed E-state index contributed by atoms with van der Waals surface area (Å²) in [5.74, 6) is -0.757. The molecule has 0 bridgehead atoms. The van der Waals surface area contributed by atoms with Crippen molar-refractivity contribution in [3.8, 4) is 0 Å². The highest BCUT2D eigenvalue weighted by Gasteiger charge is 2.44. The molecule has 2 unspecified atom stereocenters. The lowest BCUT2D eigenvalue weighted by atomic mass is 9.99. The van der Waals surface area contributed by atoms with Crippen molar-refractivity contribution in [3.05, 3.63) is 24.3 Å². The van der Waals surface area contributed by atoms with Crippen molar-refractivity contribution < 1.29 is 9.90 Å². The number of aromatic amines is 1. The molecule has 2 aromatic rings. The van der Waals surface area contributed by atoms with E-state index in [1.807, 2.05) is 24.3 Å². The third-order valence-corrected chi connectivity index (χ3v) is 5.16. The number of aromatic nitrogens is 2. The monoisotopic (exact) mass is 291 g/mol. The maximum atomic E-state index is 11.4. The molecule has 3 rings (SSSR count). The van der Waals surface area contributed by atoms with Crippen LogP contribution in [0.3, 0.4) is 0 Å². The molecule has 3 N–H and O–H groups in total. The number of nitrogens with one attached hydrogen (secondary N) is 2. The van der Waals surface area contributed by atoms with Crippen LogP contribution in [0.25, 0.3) is 11.0 Å². The molecule has 1 aromatic carbocycles. The Balaban J connectivity index is 1.74. The average molecular weight is 291 g/mol. The van der Waals surface area contributed by atoms with Crippen LogP contribution in [0.1, 0.15) is 19.3 Å². The molecule has 0 amide bonds. The highest BCUT2D eigenvalue weighted by Crippen LogP contribution is 2.39. The van der Waals surface area contributed by atoms with Gasteiger partial charge in [-0.15, -0.1) is 0 Å². The fourth-order valence-corrected chi connectivity index (χ4v) is 4.01. The average Bonchev–Trinajstić information content (AvgIpc) is 3.03. The fraction of sp³-hybridized carbons (Fsp3) is 0.429.